The number of ether oxygens (including phenoxy) is 1. The van der Waals surface area contributed by atoms with Gasteiger partial charge in [-0.25, -0.2) is 18.1 Å². The summed E-state index contributed by atoms with van der Waals surface area (Å²) in [6, 6.07) is 11.1. The Morgan fingerprint density at radius 3 is 2.79 bits per heavy atom. The summed E-state index contributed by atoms with van der Waals surface area (Å²) < 4.78 is 32.3. The molecule has 0 aliphatic carbocycles. The van der Waals surface area contributed by atoms with Crippen molar-refractivity contribution in [2.75, 3.05) is 20.2 Å². The molecule has 2 N–H and O–H groups in total. The van der Waals surface area contributed by atoms with Crippen LogP contribution in [0.5, 0.6) is 5.88 Å². The largest absolute Gasteiger partial charge is 0.481 e. The van der Waals surface area contributed by atoms with Crippen LogP contribution in [0.4, 0.5) is 0 Å². The highest BCUT2D eigenvalue weighted by Gasteiger charge is 2.22. The van der Waals surface area contributed by atoms with Crippen LogP contribution in [0.2, 0.25) is 0 Å². The van der Waals surface area contributed by atoms with Crippen LogP contribution in [0.25, 0.3) is 0 Å². The average Bonchev–Trinajstić information content (AvgIpc) is 2.60. The zero-order valence-electron chi connectivity index (χ0n) is 13.2. The molecule has 0 saturated carbocycles. The van der Waals surface area contributed by atoms with Crippen LogP contribution < -0.4 is 14.8 Å². The summed E-state index contributed by atoms with van der Waals surface area (Å²) in [6.45, 7) is 1.14. The Morgan fingerprint density at radius 2 is 2.08 bits per heavy atom. The van der Waals surface area contributed by atoms with Crippen molar-refractivity contribution in [3.8, 4) is 5.88 Å². The summed E-state index contributed by atoms with van der Waals surface area (Å²) in [5.41, 5.74) is 2.41. The van der Waals surface area contributed by atoms with Gasteiger partial charge in [0.2, 0.25) is 15.9 Å². The molecule has 3 rings (SSSR count). The molecule has 0 bridgehead atoms. The van der Waals surface area contributed by atoms with Crippen molar-refractivity contribution in [3.05, 3.63) is 53.7 Å². The van der Waals surface area contributed by atoms with Gasteiger partial charge in [-0.3, -0.25) is 0 Å². The highest BCUT2D eigenvalue weighted by Crippen LogP contribution is 2.22. The number of methoxy groups -OCH3 is 1. The number of hydrogen-bond donors (Lipinski definition) is 2. The lowest BCUT2D eigenvalue weighted by atomic mass is 9.95. The second-order valence-electron chi connectivity index (χ2n) is 5.34. The maximum Gasteiger partial charge on any atom is 0.242 e. The summed E-state index contributed by atoms with van der Waals surface area (Å²) in [6.07, 6.45) is 2.26. The van der Waals surface area contributed by atoms with Gasteiger partial charge in [0.15, 0.2) is 0 Å². The van der Waals surface area contributed by atoms with Crippen molar-refractivity contribution >= 4 is 22.4 Å². The fourth-order valence-corrected chi connectivity index (χ4v) is 3.69. The minimum Gasteiger partial charge on any atom is -0.481 e. The van der Waals surface area contributed by atoms with Gasteiger partial charge in [0.05, 0.1) is 13.3 Å². The predicted molar refractivity (Wildman–Crippen MR) is 94.1 cm³/mol. The molecule has 24 heavy (non-hydrogen) atoms. The number of benzene rings is 1. The maximum absolute atomic E-state index is 12.4. The van der Waals surface area contributed by atoms with Gasteiger partial charge in [-0.05, 0) is 30.2 Å². The summed E-state index contributed by atoms with van der Waals surface area (Å²) >= 11 is 0. The fraction of sp³-hybridized carbons (Fsp3) is 0.312. The number of fused-ring (bicyclic) bond motifs is 1. The Kier molecular flexibility index (Phi) is 6.17. The van der Waals surface area contributed by atoms with E-state index in [4.69, 9.17) is 4.74 Å². The van der Waals surface area contributed by atoms with E-state index in [0.717, 1.165) is 18.5 Å². The van der Waals surface area contributed by atoms with E-state index in [1.807, 2.05) is 18.2 Å². The first-order chi connectivity index (χ1) is 11.1. The lowest BCUT2D eigenvalue weighted by molar-refractivity contribution is 0.397. The van der Waals surface area contributed by atoms with Crippen LogP contribution in [-0.2, 0) is 16.4 Å². The Balaban J connectivity index is 0.00000208. The number of aromatic nitrogens is 1. The Morgan fingerprint density at radius 1 is 1.29 bits per heavy atom. The van der Waals surface area contributed by atoms with Crippen LogP contribution in [0.1, 0.15) is 17.2 Å². The first-order valence-corrected chi connectivity index (χ1v) is 8.89. The third-order valence-corrected chi connectivity index (χ3v) is 5.33. The van der Waals surface area contributed by atoms with Gasteiger partial charge in [-0.1, -0.05) is 24.3 Å². The number of halogens is 1. The van der Waals surface area contributed by atoms with E-state index in [9.17, 15) is 8.42 Å². The third kappa shape index (κ3) is 4.05. The van der Waals surface area contributed by atoms with Crippen molar-refractivity contribution in [1.29, 1.82) is 0 Å². The van der Waals surface area contributed by atoms with Gasteiger partial charge in [0, 0.05) is 18.7 Å². The monoisotopic (exact) mass is 369 g/mol. The molecule has 1 aromatic carbocycles. The molecule has 1 atom stereocenters. The molecule has 2 aromatic rings. The molecule has 8 heteroatoms. The number of pyridine rings is 1. The summed E-state index contributed by atoms with van der Waals surface area (Å²) in [5.74, 6) is 0.381. The third-order valence-electron chi connectivity index (χ3n) is 3.92. The Bertz CT molecular complexity index is 781. The van der Waals surface area contributed by atoms with Gasteiger partial charge in [0.25, 0.3) is 0 Å². The van der Waals surface area contributed by atoms with E-state index in [1.54, 1.807) is 0 Å². The minimum absolute atomic E-state index is 0. The predicted octanol–water partition coefficient (Wildman–Crippen LogP) is 1.68. The first-order valence-electron chi connectivity index (χ1n) is 7.41. The van der Waals surface area contributed by atoms with Crippen molar-refractivity contribution in [3.63, 3.8) is 0 Å². The van der Waals surface area contributed by atoms with E-state index in [1.165, 1.54) is 31.0 Å². The molecule has 1 aromatic heterocycles. The molecule has 0 radical (unpaired) electrons. The van der Waals surface area contributed by atoms with Gasteiger partial charge in [-0.15, -0.1) is 12.4 Å². The van der Waals surface area contributed by atoms with Crippen molar-refractivity contribution in [1.82, 2.24) is 15.0 Å². The molecule has 2 heterocycles. The Labute approximate surface area is 148 Å². The van der Waals surface area contributed by atoms with Gasteiger partial charge in [-0.2, -0.15) is 0 Å². The molecule has 0 amide bonds. The van der Waals surface area contributed by atoms with Crippen LogP contribution in [0.3, 0.4) is 0 Å². The van der Waals surface area contributed by atoms with Gasteiger partial charge in [0.1, 0.15) is 4.90 Å². The maximum atomic E-state index is 12.4. The molecule has 1 unspecified atom stereocenters. The normalized spacial score (nSPS) is 16.8. The Hall–Kier alpha value is -1.67. The molecule has 1 aliphatic heterocycles. The molecule has 0 spiro atoms. The number of nitrogens with one attached hydrogen (secondary N) is 2. The molecule has 6 nitrogen and oxygen atoms in total. The average molecular weight is 370 g/mol. The minimum atomic E-state index is -3.60. The molecule has 0 saturated heterocycles. The van der Waals surface area contributed by atoms with E-state index < -0.39 is 10.0 Å². The lowest BCUT2D eigenvalue weighted by Crippen LogP contribution is -2.38. The van der Waals surface area contributed by atoms with E-state index in [-0.39, 0.29) is 23.3 Å². The molecule has 0 fully saturated rings. The second-order valence-corrected chi connectivity index (χ2v) is 7.11. The summed E-state index contributed by atoms with van der Waals surface area (Å²) in [4.78, 5) is 4.06. The zero-order valence-corrected chi connectivity index (χ0v) is 14.9. The van der Waals surface area contributed by atoms with Crippen LogP contribution >= 0.6 is 12.4 Å². The van der Waals surface area contributed by atoms with Crippen LogP contribution in [0, 0.1) is 0 Å². The van der Waals surface area contributed by atoms with Crippen molar-refractivity contribution in [2.45, 2.75) is 17.4 Å². The molecule has 1 aliphatic rings. The van der Waals surface area contributed by atoms with E-state index in [2.05, 4.69) is 21.1 Å². The number of hydrogen-bond acceptors (Lipinski definition) is 5. The first kappa shape index (κ1) is 18.7. The summed E-state index contributed by atoms with van der Waals surface area (Å²) in [7, 11) is -2.11. The van der Waals surface area contributed by atoms with Gasteiger partial charge < -0.3 is 10.1 Å². The highest BCUT2D eigenvalue weighted by molar-refractivity contribution is 7.89. The number of nitrogens with zero attached hydrogens (tertiary/aromatic N) is 1. The van der Waals surface area contributed by atoms with Crippen molar-refractivity contribution < 1.29 is 13.2 Å². The van der Waals surface area contributed by atoms with Crippen LogP contribution in [0.15, 0.2) is 47.5 Å². The SMILES string of the molecule is COc1ccc(S(=O)(=O)NCC2NCCc3ccccc32)cn1.Cl. The van der Waals surface area contributed by atoms with E-state index >= 15 is 0 Å². The smallest absolute Gasteiger partial charge is 0.242 e. The molecular weight excluding hydrogens is 350 g/mol. The quantitative estimate of drug-likeness (QED) is 0.838. The summed E-state index contributed by atoms with van der Waals surface area (Å²) in [5, 5.41) is 3.36. The zero-order chi connectivity index (χ0) is 16.3. The van der Waals surface area contributed by atoms with E-state index in [0.29, 0.717) is 12.4 Å². The highest BCUT2D eigenvalue weighted by atomic mass is 35.5. The fourth-order valence-electron chi connectivity index (χ4n) is 2.70. The van der Waals surface area contributed by atoms with Crippen LogP contribution in [-0.4, -0.2) is 33.6 Å². The standard InChI is InChI=1S/C16H19N3O3S.ClH/c1-22-16-7-6-13(10-18-16)23(20,21)19-11-15-14-5-3-2-4-12(14)8-9-17-15;/h2-7,10,15,17,19H,8-9,11H2,1H3;1H. The molecule has 130 valence electrons. The number of rotatable bonds is 5. The number of sulfonamides is 1. The lowest BCUT2D eigenvalue weighted by Gasteiger charge is -2.27. The second kappa shape index (κ2) is 7.94. The topological polar surface area (TPSA) is 80.3 Å². The van der Waals surface area contributed by atoms with Crippen molar-refractivity contribution in [2.24, 2.45) is 0 Å². The molecular formula is C16H20ClN3O3S. The van der Waals surface area contributed by atoms with Gasteiger partial charge >= 0.3 is 0 Å².